The fourth-order valence-electron chi connectivity index (χ4n) is 2.54. The SMILES string of the molecule is NC1CC(c2ccccc2Br)Nc2ccccc21. The molecule has 0 saturated carbocycles. The van der Waals surface area contributed by atoms with Crippen LogP contribution in [0, 0.1) is 0 Å². The molecule has 0 fully saturated rings. The summed E-state index contributed by atoms with van der Waals surface area (Å²) >= 11 is 3.61. The number of benzene rings is 2. The first-order valence-electron chi connectivity index (χ1n) is 6.11. The molecule has 0 spiro atoms. The summed E-state index contributed by atoms with van der Waals surface area (Å²) in [5.74, 6) is 0. The van der Waals surface area contributed by atoms with Crippen LogP contribution in [0.4, 0.5) is 5.69 Å². The Labute approximate surface area is 115 Å². The van der Waals surface area contributed by atoms with Gasteiger partial charge < -0.3 is 11.1 Å². The van der Waals surface area contributed by atoms with Crippen LogP contribution in [-0.4, -0.2) is 0 Å². The van der Waals surface area contributed by atoms with Gasteiger partial charge in [-0.2, -0.15) is 0 Å². The minimum absolute atomic E-state index is 0.0968. The van der Waals surface area contributed by atoms with E-state index in [1.165, 1.54) is 11.1 Å². The Morgan fingerprint density at radius 2 is 1.67 bits per heavy atom. The first-order valence-corrected chi connectivity index (χ1v) is 6.90. The third-order valence-electron chi connectivity index (χ3n) is 3.46. The summed E-state index contributed by atoms with van der Waals surface area (Å²) in [6.07, 6.45) is 0.916. The number of anilines is 1. The fourth-order valence-corrected chi connectivity index (χ4v) is 3.10. The molecule has 0 saturated heterocycles. The molecule has 0 amide bonds. The largest absolute Gasteiger partial charge is 0.378 e. The summed E-state index contributed by atoms with van der Waals surface area (Å²) in [4.78, 5) is 0. The average Bonchev–Trinajstić information content (AvgIpc) is 2.39. The summed E-state index contributed by atoms with van der Waals surface area (Å²) in [6.45, 7) is 0. The maximum atomic E-state index is 6.27. The Morgan fingerprint density at radius 1 is 1.00 bits per heavy atom. The van der Waals surface area contributed by atoms with Gasteiger partial charge in [0.1, 0.15) is 0 Å². The van der Waals surface area contributed by atoms with E-state index < -0.39 is 0 Å². The smallest absolute Gasteiger partial charge is 0.0543 e. The van der Waals surface area contributed by atoms with Gasteiger partial charge in [-0.05, 0) is 29.7 Å². The van der Waals surface area contributed by atoms with E-state index in [1.807, 2.05) is 18.2 Å². The zero-order valence-corrected chi connectivity index (χ0v) is 11.5. The van der Waals surface area contributed by atoms with Gasteiger partial charge in [0, 0.05) is 16.2 Å². The summed E-state index contributed by atoms with van der Waals surface area (Å²) in [5, 5.41) is 3.57. The highest BCUT2D eigenvalue weighted by atomic mass is 79.9. The molecule has 18 heavy (non-hydrogen) atoms. The second-order valence-electron chi connectivity index (χ2n) is 4.65. The highest BCUT2D eigenvalue weighted by Gasteiger charge is 2.25. The van der Waals surface area contributed by atoms with Gasteiger partial charge >= 0.3 is 0 Å². The summed E-state index contributed by atoms with van der Waals surface area (Å²) in [5.41, 5.74) is 9.89. The lowest BCUT2D eigenvalue weighted by molar-refractivity contribution is 0.559. The van der Waals surface area contributed by atoms with Gasteiger partial charge in [0.2, 0.25) is 0 Å². The van der Waals surface area contributed by atoms with Crippen LogP contribution in [0.3, 0.4) is 0 Å². The molecule has 0 bridgehead atoms. The Hall–Kier alpha value is -1.32. The van der Waals surface area contributed by atoms with Crippen molar-refractivity contribution in [1.82, 2.24) is 0 Å². The topological polar surface area (TPSA) is 38.0 Å². The van der Waals surface area contributed by atoms with E-state index in [-0.39, 0.29) is 12.1 Å². The Bertz CT molecular complexity index is 568. The van der Waals surface area contributed by atoms with Gasteiger partial charge in [0.05, 0.1) is 6.04 Å². The standard InChI is InChI=1S/C15H15BrN2/c16-12-7-3-1-5-10(12)15-9-13(17)11-6-2-4-8-14(11)18-15/h1-8,13,15,18H,9,17H2. The molecule has 1 aliphatic rings. The van der Waals surface area contributed by atoms with Gasteiger partial charge in [-0.3, -0.25) is 0 Å². The van der Waals surface area contributed by atoms with Crippen LogP contribution in [0.2, 0.25) is 0 Å². The van der Waals surface area contributed by atoms with E-state index >= 15 is 0 Å². The van der Waals surface area contributed by atoms with E-state index in [4.69, 9.17) is 5.73 Å². The molecule has 2 atom stereocenters. The Balaban J connectivity index is 1.97. The van der Waals surface area contributed by atoms with Crippen molar-refractivity contribution < 1.29 is 0 Å². The molecule has 0 aromatic heterocycles. The molecule has 2 aromatic rings. The molecule has 2 unspecified atom stereocenters. The first kappa shape index (κ1) is 11.8. The van der Waals surface area contributed by atoms with Gasteiger partial charge in [0.25, 0.3) is 0 Å². The lowest BCUT2D eigenvalue weighted by atomic mass is 9.90. The lowest BCUT2D eigenvalue weighted by Crippen LogP contribution is -2.26. The van der Waals surface area contributed by atoms with Crippen molar-refractivity contribution in [3.8, 4) is 0 Å². The Kier molecular flexibility index (Phi) is 3.10. The molecule has 0 radical (unpaired) electrons. The fraction of sp³-hybridized carbons (Fsp3) is 0.200. The molecule has 1 heterocycles. The van der Waals surface area contributed by atoms with Gasteiger partial charge in [-0.15, -0.1) is 0 Å². The summed E-state index contributed by atoms with van der Waals surface area (Å²) in [6, 6.07) is 17.0. The van der Waals surface area contributed by atoms with Crippen molar-refractivity contribution in [1.29, 1.82) is 0 Å². The van der Waals surface area contributed by atoms with Crippen molar-refractivity contribution in [3.63, 3.8) is 0 Å². The van der Waals surface area contributed by atoms with Crippen molar-refractivity contribution in [2.75, 3.05) is 5.32 Å². The minimum atomic E-state index is 0.0968. The monoisotopic (exact) mass is 302 g/mol. The van der Waals surface area contributed by atoms with E-state index in [0.29, 0.717) is 0 Å². The van der Waals surface area contributed by atoms with Crippen LogP contribution in [-0.2, 0) is 0 Å². The summed E-state index contributed by atoms with van der Waals surface area (Å²) < 4.78 is 1.13. The average molecular weight is 303 g/mol. The molecular weight excluding hydrogens is 288 g/mol. The van der Waals surface area contributed by atoms with E-state index in [0.717, 1.165) is 16.6 Å². The van der Waals surface area contributed by atoms with E-state index in [1.54, 1.807) is 0 Å². The van der Waals surface area contributed by atoms with Crippen LogP contribution >= 0.6 is 15.9 Å². The molecular formula is C15H15BrN2. The van der Waals surface area contributed by atoms with Crippen LogP contribution in [0.1, 0.15) is 29.6 Å². The predicted molar refractivity (Wildman–Crippen MR) is 78.5 cm³/mol. The second-order valence-corrected chi connectivity index (χ2v) is 5.50. The van der Waals surface area contributed by atoms with Gasteiger partial charge in [0.15, 0.2) is 0 Å². The number of halogens is 1. The molecule has 92 valence electrons. The number of para-hydroxylation sites is 1. The second kappa shape index (κ2) is 4.75. The number of nitrogens with one attached hydrogen (secondary N) is 1. The summed E-state index contributed by atoms with van der Waals surface area (Å²) in [7, 11) is 0. The predicted octanol–water partition coefficient (Wildman–Crippen LogP) is 4.01. The quantitative estimate of drug-likeness (QED) is 0.835. The molecule has 3 heteroatoms. The number of fused-ring (bicyclic) bond motifs is 1. The van der Waals surface area contributed by atoms with Gasteiger partial charge in [-0.1, -0.05) is 52.3 Å². The molecule has 2 nitrogen and oxygen atoms in total. The molecule has 0 aliphatic carbocycles. The van der Waals surface area contributed by atoms with Crippen molar-refractivity contribution in [2.45, 2.75) is 18.5 Å². The van der Waals surface area contributed by atoms with E-state index in [2.05, 4.69) is 51.6 Å². The van der Waals surface area contributed by atoms with Crippen LogP contribution < -0.4 is 11.1 Å². The molecule has 2 aromatic carbocycles. The maximum Gasteiger partial charge on any atom is 0.0543 e. The Morgan fingerprint density at radius 3 is 2.44 bits per heavy atom. The van der Waals surface area contributed by atoms with Crippen LogP contribution in [0.15, 0.2) is 53.0 Å². The highest BCUT2D eigenvalue weighted by Crippen LogP contribution is 2.39. The number of hydrogen-bond acceptors (Lipinski definition) is 2. The minimum Gasteiger partial charge on any atom is -0.378 e. The van der Waals surface area contributed by atoms with Crippen molar-refractivity contribution in [3.05, 3.63) is 64.1 Å². The third-order valence-corrected chi connectivity index (χ3v) is 4.18. The zero-order valence-electron chi connectivity index (χ0n) is 9.94. The van der Waals surface area contributed by atoms with Crippen molar-refractivity contribution in [2.24, 2.45) is 5.73 Å². The normalized spacial score (nSPS) is 22.1. The first-order chi connectivity index (χ1) is 8.75. The van der Waals surface area contributed by atoms with Gasteiger partial charge in [-0.25, -0.2) is 0 Å². The molecule has 1 aliphatic heterocycles. The van der Waals surface area contributed by atoms with Crippen molar-refractivity contribution >= 4 is 21.6 Å². The maximum absolute atomic E-state index is 6.27. The number of rotatable bonds is 1. The number of hydrogen-bond donors (Lipinski definition) is 2. The van der Waals surface area contributed by atoms with E-state index in [9.17, 15) is 0 Å². The molecule has 3 rings (SSSR count). The third kappa shape index (κ3) is 2.04. The highest BCUT2D eigenvalue weighted by molar-refractivity contribution is 9.10. The van der Waals surface area contributed by atoms with Crippen LogP contribution in [0.25, 0.3) is 0 Å². The molecule has 3 N–H and O–H groups in total. The zero-order chi connectivity index (χ0) is 12.5. The lowest BCUT2D eigenvalue weighted by Gasteiger charge is -2.32. The number of nitrogens with two attached hydrogens (primary N) is 1. The van der Waals surface area contributed by atoms with Crippen LogP contribution in [0.5, 0.6) is 0 Å².